The Hall–Kier alpha value is -1.53. The van der Waals surface area contributed by atoms with E-state index in [2.05, 4.69) is 20.0 Å². The summed E-state index contributed by atoms with van der Waals surface area (Å²) in [5.41, 5.74) is 1.07. The van der Waals surface area contributed by atoms with Crippen LogP contribution in [0.3, 0.4) is 0 Å². The van der Waals surface area contributed by atoms with Crippen LogP contribution in [0, 0.1) is 5.82 Å². The molecule has 2 aromatic rings. The Morgan fingerprint density at radius 3 is 2.42 bits per heavy atom. The lowest BCUT2D eigenvalue weighted by Gasteiger charge is -2.37. The van der Waals surface area contributed by atoms with Crippen LogP contribution in [0.15, 0.2) is 24.3 Å². The summed E-state index contributed by atoms with van der Waals surface area (Å²) in [5.74, 6) is -0.197. The second-order valence-corrected chi connectivity index (χ2v) is 7.78. The van der Waals surface area contributed by atoms with Gasteiger partial charge in [0.1, 0.15) is 10.8 Å². The lowest BCUT2D eigenvalue weighted by molar-refractivity contribution is 0.187. The fraction of sp³-hybridized carbons (Fsp3) is 0.556. The lowest BCUT2D eigenvalue weighted by atomic mass is 10.2. The Kier molecular flexibility index (Phi) is 4.76. The van der Waals surface area contributed by atoms with E-state index in [4.69, 9.17) is 0 Å². The molecule has 0 amide bonds. The van der Waals surface area contributed by atoms with Gasteiger partial charge >= 0.3 is 0 Å². The van der Waals surface area contributed by atoms with Gasteiger partial charge in [-0.3, -0.25) is 4.90 Å². The second-order valence-electron chi connectivity index (χ2n) is 6.74. The molecule has 2 fully saturated rings. The zero-order valence-corrected chi connectivity index (χ0v) is 14.6. The average Bonchev–Trinajstić information content (AvgIpc) is 3.29. The van der Waals surface area contributed by atoms with Gasteiger partial charge in [-0.05, 0) is 30.5 Å². The van der Waals surface area contributed by atoms with E-state index in [1.807, 2.05) is 12.1 Å². The predicted octanol–water partition coefficient (Wildman–Crippen LogP) is 3.33. The fourth-order valence-electron chi connectivity index (χ4n) is 3.77. The molecule has 6 heteroatoms. The van der Waals surface area contributed by atoms with E-state index in [9.17, 15) is 4.39 Å². The van der Waals surface area contributed by atoms with Gasteiger partial charge in [0.15, 0.2) is 0 Å². The van der Waals surface area contributed by atoms with E-state index in [-0.39, 0.29) is 5.82 Å². The minimum absolute atomic E-state index is 0.197. The SMILES string of the molecule is Fc1ccc(Cc2nnc(N3CCN(C4CCCC4)CC3)s2)cc1. The third-order valence-electron chi connectivity index (χ3n) is 5.15. The monoisotopic (exact) mass is 346 g/mol. The van der Waals surface area contributed by atoms with Gasteiger partial charge in [-0.15, -0.1) is 10.2 Å². The van der Waals surface area contributed by atoms with Crippen molar-refractivity contribution >= 4 is 16.5 Å². The van der Waals surface area contributed by atoms with Gasteiger partial charge in [-0.1, -0.05) is 36.3 Å². The van der Waals surface area contributed by atoms with Crippen molar-refractivity contribution in [3.63, 3.8) is 0 Å². The van der Waals surface area contributed by atoms with Gasteiger partial charge in [0.2, 0.25) is 5.13 Å². The summed E-state index contributed by atoms with van der Waals surface area (Å²) < 4.78 is 13.0. The molecule has 128 valence electrons. The summed E-state index contributed by atoms with van der Waals surface area (Å²) in [7, 11) is 0. The van der Waals surface area contributed by atoms with E-state index in [1.54, 1.807) is 11.3 Å². The van der Waals surface area contributed by atoms with Crippen LogP contribution in [-0.4, -0.2) is 47.3 Å². The molecular weight excluding hydrogens is 323 g/mol. The van der Waals surface area contributed by atoms with Crippen LogP contribution in [0.1, 0.15) is 36.3 Å². The molecule has 0 spiro atoms. The largest absolute Gasteiger partial charge is 0.344 e. The molecule has 0 atom stereocenters. The van der Waals surface area contributed by atoms with Crippen molar-refractivity contribution in [2.24, 2.45) is 0 Å². The van der Waals surface area contributed by atoms with Crippen LogP contribution in [0.2, 0.25) is 0 Å². The highest BCUT2D eigenvalue weighted by molar-refractivity contribution is 7.15. The first kappa shape index (κ1) is 16.0. The number of rotatable bonds is 4. The Labute approximate surface area is 146 Å². The van der Waals surface area contributed by atoms with E-state index in [0.717, 1.165) is 54.3 Å². The maximum Gasteiger partial charge on any atom is 0.208 e. The van der Waals surface area contributed by atoms with Gasteiger partial charge < -0.3 is 4.90 Å². The molecule has 0 radical (unpaired) electrons. The summed E-state index contributed by atoms with van der Waals surface area (Å²) in [5, 5.41) is 10.7. The molecule has 4 nitrogen and oxygen atoms in total. The lowest BCUT2D eigenvalue weighted by Crippen LogP contribution is -2.49. The van der Waals surface area contributed by atoms with E-state index >= 15 is 0 Å². The van der Waals surface area contributed by atoms with Crippen LogP contribution in [0.4, 0.5) is 9.52 Å². The van der Waals surface area contributed by atoms with Gasteiger partial charge in [0.05, 0.1) is 0 Å². The molecule has 1 aromatic carbocycles. The molecule has 0 bridgehead atoms. The van der Waals surface area contributed by atoms with Crippen molar-refractivity contribution in [1.82, 2.24) is 15.1 Å². The molecule has 1 saturated heterocycles. The second kappa shape index (κ2) is 7.15. The first-order chi connectivity index (χ1) is 11.8. The maximum atomic E-state index is 13.0. The van der Waals surface area contributed by atoms with Crippen molar-refractivity contribution < 1.29 is 4.39 Å². The quantitative estimate of drug-likeness (QED) is 0.850. The zero-order chi connectivity index (χ0) is 16.4. The number of piperazine rings is 1. The fourth-order valence-corrected chi connectivity index (χ4v) is 4.69. The first-order valence-electron chi connectivity index (χ1n) is 8.84. The number of hydrogen-bond donors (Lipinski definition) is 0. The van der Waals surface area contributed by atoms with Crippen molar-refractivity contribution in [1.29, 1.82) is 0 Å². The topological polar surface area (TPSA) is 32.3 Å². The van der Waals surface area contributed by atoms with E-state index < -0.39 is 0 Å². The van der Waals surface area contributed by atoms with Crippen molar-refractivity contribution in [2.75, 3.05) is 31.1 Å². The molecule has 2 aliphatic rings. The number of benzene rings is 1. The van der Waals surface area contributed by atoms with Gasteiger partial charge in [-0.2, -0.15) is 0 Å². The van der Waals surface area contributed by atoms with Crippen molar-refractivity contribution in [2.45, 2.75) is 38.1 Å². The highest BCUT2D eigenvalue weighted by atomic mass is 32.1. The van der Waals surface area contributed by atoms with E-state index in [0.29, 0.717) is 0 Å². The number of anilines is 1. The maximum absolute atomic E-state index is 13.0. The standard InChI is InChI=1S/C18H23FN4S/c19-15-7-5-14(6-8-15)13-17-20-21-18(24-17)23-11-9-22(10-12-23)16-3-1-2-4-16/h5-8,16H,1-4,9-13H2. The summed E-state index contributed by atoms with van der Waals surface area (Å²) in [4.78, 5) is 5.02. The Morgan fingerprint density at radius 1 is 1.00 bits per heavy atom. The molecule has 1 aliphatic carbocycles. The summed E-state index contributed by atoms with van der Waals surface area (Å²) >= 11 is 1.66. The molecule has 2 heterocycles. The number of halogens is 1. The molecule has 4 rings (SSSR count). The number of aromatic nitrogens is 2. The Bertz CT molecular complexity index is 658. The zero-order valence-electron chi connectivity index (χ0n) is 13.8. The van der Waals surface area contributed by atoms with Gasteiger partial charge in [0, 0.05) is 38.6 Å². The Morgan fingerprint density at radius 2 is 1.71 bits per heavy atom. The molecule has 1 aromatic heterocycles. The van der Waals surface area contributed by atoms with Crippen LogP contribution < -0.4 is 4.90 Å². The molecule has 24 heavy (non-hydrogen) atoms. The predicted molar refractivity (Wildman–Crippen MR) is 95.2 cm³/mol. The molecule has 0 N–H and O–H groups in total. The van der Waals surface area contributed by atoms with Gasteiger partial charge in [-0.25, -0.2) is 4.39 Å². The van der Waals surface area contributed by atoms with E-state index in [1.165, 1.54) is 37.8 Å². The summed E-state index contributed by atoms with van der Waals surface area (Å²) in [6.07, 6.45) is 6.27. The minimum atomic E-state index is -0.197. The first-order valence-corrected chi connectivity index (χ1v) is 9.65. The van der Waals surface area contributed by atoms with Crippen LogP contribution in [0.5, 0.6) is 0 Å². The smallest absolute Gasteiger partial charge is 0.208 e. The highest BCUT2D eigenvalue weighted by Crippen LogP contribution is 2.27. The number of nitrogens with zero attached hydrogens (tertiary/aromatic N) is 4. The van der Waals surface area contributed by atoms with Crippen molar-refractivity contribution in [3.8, 4) is 0 Å². The van der Waals surface area contributed by atoms with Crippen LogP contribution in [-0.2, 0) is 6.42 Å². The Balaban J connectivity index is 1.34. The minimum Gasteiger partial charge on any atom is -0.344 e. The number of hydrogen-bond acceptors (Lipinski definition) is 5. The third kappa shape index (κ3) is 3.59. The molecule has 1 aliphatic heterocycles. The van der Waals surface area contributed by atoms with Crippen molar-refractivity contribution in [3.05, 3.63) is 40.7 Å². The third-order valence-corrected chi connectivity index (χ3v) is 6.13. The normalized spacial score (nSPS) is 20.0. The summed E-state index contributed by atoms with van der Waals surface area (Å²) in [6, 6.07) is 7.45. The highest BCUT2D eigenvalue weighted by Gasteiger charge is 2.27. The molecule has 1 saturated carbocycles. The molecular formula is C18H23FN4S. The summed E-state index contributed by atoms with van der Waals surface area (Å²) in [6.45, 7) is 4.36. The van der Waals surface area contributed by atoms with Gasteiger partial charge in [0.25, 0.3) is 0 Å². The molecule has 0 unspecified atom stereocenters. The van der Waals surface area contributed by atoms with Crippen LogP contribution in [0.25, 0.3) is 0 Å². The average molecular weight is 346 g/mol. The van der Waals surface area contributed by atoms with Crippen LogP contribution >= 0.6 is 11.3 Å².